The summed E-state index contributed by atoms with van der Waals surface area (Å²) in [6.07, 6.45) is 6.60. The quantitative estimate of drug-likeness (QED) is 0.910. The van der Waals surface area contributed by atoms with Gasteiger partial charge in [0.1, 0.15) is 0 Å². The summed E-state index contributed by atoms with van der Waals surface area (Å²) in [6, 6.07) is 2.13. The lowest BCUT2D eigenvalue weighted by molar-refractivity contribution is 0.447. The Bertz CT molecular complexity index is 612. The van der Waals surface area contributed by atoms with Crippen LogP contribution in [0.2, 0.25) is 0 Å². The van der Waals surface area contributed by atoms with Crippen LogP contribution in [0.4, 0.5) is 0 Å². The number of hydrogen-bond acceptors (Lipinski definition) is 3. The zero-order valence-corrected chi connectivity index (χ0v) is 14.4. The number of nitrogens with zero attached hydrogens (tertiary/aromatic N) is 3. The molecule has 2 aromatic rings. The van der Waals surface area contributed by atoms with Gasteiger partial charge in [-0.15, -0.1) is 0 Å². The highest BCUT2D eigenvalue weighted by Crippen LogP contribution is 2.33. The maximum atomic E-state index is 4.91. The molecular weight excluding hydrogens is 328 g/mol. The SMILES string of the molecule is CCC(CC)c1nn2c(C3CCCNC3)ccnc2c1Br. The van der Waals surface area contributed by atoms with Gasteiger partial charge in [-0.05, 0) is 54.2 Å². The van der Waals surface area contributed by atoms with E-state index in [0.717, 1.165) is 41.7 Å². The molecule has 0 spiro atoms. The van der Waals surface area contributed by atoms with Crippen molar-refractivity contribution in [1.82, 2.24) is 19.9 Å². The van der Waals surface area contributed by atoms with E-state index in [-0.39, 0.29) is 0 Å². The van der Waals surface area contributed by atoms with E-state index in [2.05, 4.69) is 50.7 Å². The van der Waals surface area contributed by atoms with Crippen LogP contribution in [0.15, 0.2) is 16.7 Å². The molecule has 0 aliphatic carbocycles. The van der Waals surface area contributed by atoms with Crippen molar-refractivity contribution in [3.05, 3.63) is 28.1 Å². The zero-order chi connectivity index (χ0) is 14.8. The Balaban J connectivity index is 2.08. The van der Waals surface area contributed by atoms with Gasteiger partial charge >= 0.3 is 0 Å². The van der Waals surface area contributed by atoms with Gasteiger partial charge in [-0.25, -0.2) is 9.50 Å². The molecule has 1 saturated heterocycles. The molecular formula is C16H23BrN4. The summed E-state index contributed by atoms with van der Waals surface area (Å²) >= 11 is 3.73. The highest BCUT2D eigenvalue weighted by Gasteiger charge is 2.23. The molecule has 21 heavy (non-hydrogen) atoms. The van der Waals surface area contributed by atoms with Crippen molar-refractivity contribution in [2.45, 2.75) is 51.4 Å². The Morgan fingerprint density at radius 2 is 2.24 bits per heavy atom. The Labute approximate surface area is 134 Å². The topological polar surface area (TPSA) is 42.2 Å². The first kappa shape index (κ1) is 15.0. The number of nitrogens with one attached hydrogen (secondary N) is 1. The van der Waals surface area contributed by atoms with Crippen LogP contribution < -0.4 is 5.32 Å². The summed E-state index contributed by atoms with van der Waals surface area (Å²) in [4.78, 5) is 4.54. The Morgan fingerprint density at radius 3 is 2.90 bits per heavy atom. The molecule has 2 aromatic heterocycles. The fourth-order valence-corrected chi connectivity index (χ4v) is 3.98. The van der Waals surface area contributed by atoms with Crippen molar-refractivity contribution in [2.75, 3.05) is 13.1 Å². The molecule has 0 radical (unpaired) electrons. The number of halogens is 1. The van der Waals surface area contributed by atoms with Gasteiger partial charge in [0.15, 0.2) is 5.65 Å². The van der Waals surface area contributed by atoms with Crippen LogP contribution in [-0.4, -0.2) is 27.7 Å². The average Bonchev–Trinajstić information content (AvgIpc) is 2.87. The van der Waals surface area contributed by atoms with Crippen LogP contribution in [0.3, 0.4) is 0 Å². The Hall–Kier alpha value is -0.940. The standard InChI is InChI=1S/C16H23BrN4/c1-3-11(4-2)15-14(17)16-19-9-7-13(21(16)20-15)12-6-5-8-18-10-12/h7,9,11-12,18H,3-6,8,10H2,1-2H3. The molecule has 3 heterocycles. The van der Waals surface area contributed by atoms with Crippen LogP contribution >= 0.6 is 15.9 Å². The van der Waals surface area contributed by atoms with E-state index in [9.17, 15) is 0 Å². The second kappa shape index (κ2) is 6.44. The summed E-state index contributed by atoms with van der Waals surface area (Å²) in [5.74, 6) is 1.03. The van der Waals surface area contributed by atoms with Crippen LogP contribution in [0.25, 0.3) is 5.65 Å². The molecule has 1 fully saturated rings. The van der Waals surface area contributed by atoms with Crippen molar-refractivity contribution in [3.63, 3.8) is 0 Å². The second-order valence-electron chi connectivity index (χ2n) is 5.86. The van der Waals surface area contributed by atoms with E-state index >= 15 is 0 Å². The van der Waals surface area contributed by atoms with Gasteiger partial charge in [0.25, 0.3) is 0 Å². The normalized spacial score (nSPS) is 19.5. The van der Waals surface area contributed by atoms with Gasteiger partial charge in [0.2, 0.25) is 0 Å². The fraction of sp³-hybridized carbons (Fsp3) is 0.625. The molecule has 0 bridgehead atoms. The van der Waals surface area contributed by atoms with Gasteiger partial charge in [-0.3, -0.25) is 0 Å². The summed E-state index contributed by atoms with van der Waals surface area (Å²) in [5, 5.41) is 8.40. The van der Waals surface area contributed by atoms with E-state index in [1.165, 1.54) is 18.5 Å². The highest BCUT2D eigenvalue weighted by molar-refractivity contribution is 9.10. The lowest BCUT2D eigenvalue weighted by Gasteiger charge is -2.23. The number of fused-ring (bicyclic) bond motifs is 1. The molecule has 4 nitrogen and oxygen atoms in total. The smallest absolute Gasteiger partial charge is 0.169 e. The first-order valence-corrected chi connectivity index (χ1v) is 8.79. The van der Waals surface area contributed by atoms with E-state index in [0.29, 0.717) is 11.8 Å². The molecule has 5 heteroatoms. The molecule has 1 N–H and O–H groups in total. The first-order valence-electron chi connectivity index (χ1n) is 8.00. The molecule has 1 atom stereocenters. The van der Waals surface area contributed by atoms with Crippen molar-refractivity contribution in [3.8, 4) is 0 Å². The molecule has 1 aliphatic rings. The van der Waals surface area contributed by atoms with Gasteiger partial charge in [-0.2, -0.15) is 5.10 Å². The molecule has 3 rings (SSSR count). The predicted molar refractivity (Wildman–Crippen MR) is 88.9 cm³/mol. The second-order valence-corrected chi connectivity index (χ2v) is 6.65. The number of piperidine rings is 1. The lowest BCUT2D eigenvalue weighted by Crippen LogP contribution is -2.29. The van der Waals surface area contributed by atoms with E-state index in [1.807, 2.05) is 6.20 Å². The minimum Gasteiger partial charge on any atom is -0.316 e. The maximum absolute atomic E-state index is 4.91. The van der Waals surface area contributed by atoms with Crippen LogP contribution in [-0.2, 0) is 0 Å². The largest absolute Gasteiger partial charge is 0.316 e. The Kier molecular flexibility index (Phi) is 4.60. The summed E-state index contributed by atoms with van der Waals surface area (Å²) in [6.45, 7) is 6.62. The molecule has 114 valence electrons. The average molecular weight is 351 g/mol. The molecule has 1 unspecified atom stereocenters. The van der Waals surface area contributed by atoms with Crippen molar-refractivity contribution in [1.29, 1.82) is 0 Å². The summed E-state index contributed by atoms with van der Waals surface area (Å²) in [5.41, 5.74) is 3.40. The number of hydrogen-bond donors (Lipinski definition) is 1. The van der Waals surface area contributed by atoms with E-state index in [1.54, 1.807) is 0 Å². The van der Waals surface area contributed by atoms with Crippen LogP contribution in [0, 0.1) is 0 Å². The number of rotatable bonds is 4. The third kappa shape index (κ3) is 2.73. The van der Waals surface area contributed by atoms with E-state index < -0.39 is 0 Å². The van der Waals surface area contributed by atoms with E-state index in [4.69, 9.17) is 5.10 Å². The lowest BCUT2D eigenvalue weighted by atomic mass is 9.96. The molecule has 1 aliphatic heterocycles. The van der Waals surface area contributed by atoms with Gasteiger partial charge in [0.05, 0.1) is 15.9 Å². The van der Waals surface area contributed by atoms with Crippen molar-refractivity contribution >= 4 is 21.6 Å². The summed E-state index contributed by atoms with van der Waals surface area (Å²) in [7, 11) is 0. The van der Waals surface area contributed by atoms with Crippen molar-refractivity contribution in [2.24, 2.45) is 0 Å². The van der Waals surface area contributed by atoms with Crippen LogP contribution in [0.5, 0.6) is 0 Å². The third-order valence-corrected chi connectivity index (χ3v) is 5.36. The molecule has 0 amide bonds. The minimum absolute atomic E-state index is 0.499. The molecule has 0 saturated carbocycles. The highest BCUT2D eigenvalue weighted by atomic mass is 79.9. The predicted octanol–water partition coefficient (Wildman–Crippen LogP) is 3.86. The zero-order valence-electron chi connectivity index (χ0n) is 12.8. The maximum Gasteiger partial charge on any atom is 0.169 e. The fourth-order valence-electron chi connectivity index (χ4n) is 3.30. The summed E-state index contributed by atoms with van der Waals surface area (Å²) < 4.78 is 3.14. The third-order valence-electron chi connectivity index (χ3n) is 4.60. The molecule has 0 aromatic carbocycles. The number of aromatic nitrogens is 3. The van der Waals surface area contributed by atoms with Gasteiger partial charge < -0.3 is 5.32 Å². The van der Waals surface area contributed by atoms with Crippen LogP contribution in [0.1, 0.15) is 62.8 Å². The minimum atomic E-state index is 0.499. The first-order chi connectivity index (χ1) is 10.3. The Morgan fingerprint density at radius 1 is 1.43 bits per heavy atom. The van der Waals surface area contributed by atoms with Gasteiger partial charge in [0, 0.05) is 24.6 Å². The monoisotopic (exact) mass is 350 g/mol. The van der Waals surface area contributed by atoms with Crippen molar-refractivity contribution < 1.29 is 0 Å². The van der Waals surface area contributed by atoms with Gasteiger partial charge in [-0.1, -0.05) is 13.8 Å².